The number of benzene rings is 2. The van der Waals surface area contributed by atoms with Gasteiger partial charge in [-0.2, -0.15) is 10.1 Å². The number of aliphatic imine (C=N–C) groups is 1. The standard InChI is InChI=1S/C17H26N4O.C11H15N3O3/c18-17(21-19)15-8-4-7-14(11-15)12-20-16(22)10-9-13-5-2-1-3-6-13;1-16-8-4-3-7(5-9(8)17-2)6-10(15)14-11(12)13/h4,7-8,11,13H,1-3,5-6,9-10,12,19H2,(H2,18,21)(H,20,22);3-5H,6H2,1-2H3,(H4,12,13,14,15). The van der Waals surface area contributed by atoms with Crippen molar-refractivity contribution in [3.63, 3.8) is 0 Å². The van der Waals surface area contributed by atoms with Crippen molar-refractivity contribution < 1.29 is 19.1 Å². The molecule has 212 valence electrons. The Morgan fingerprint density at radius 2 is 1.67 bits per heavy atom. The molecule has 9 N–H and O–H groups in total. The van der Waals surface area contributed by atoms with E-state index in [2.05, 4.69) is 15.4 Å². The minimum absolute atomic E-state index is 0.109. The lowest BCUT2D eigenvalue weighted by atomic mass is 9.86. The fourth-order valence-corrected chi connectivity index (χ4v) is 4.36. The van der Waals surface area contributed by atoms with Crippen LogP contribution < -0.4 is 37.8 Å². The van der Waals surface area contributed by atoms with E-state index < -0.39 is 5.91 Å². The first kappa shape index (κ1) is 30.9. The van der Waals surface area contributed by atoms with Gasteiger partial charge in [0, 0.05) is 18.5 Å². The van der Waals surface area contributed by atoms with E-state index in [-0.39, 0.29) is 18.3 Å². The van der Waals surface area contributed by atoms with E-state index in [9.17, 15) is 9.59 Å². The number of carbonyl (C=O) groups excluding carboxylic acids is 2. The molecule has 0 atom stereocenters. The van der Waals surface area contributed by atoms with Crippen molar-refractivity contribution in [2.75, 3.05) is 14.2 Å². The Morgan fingerprint density at radius 3 is 2.31 bits per heavy atom. The number of amides is 2. The maximum Gasteiger partial charge on any atom is 0.253 e. The Bertz CT molecular complexity index is 1140. The summed E-state index contributed by atoms with van der Waals surface area (Å²) in [5.41, 5.74) is 18.4. The molecule has 0 aliphatic heterocycles. The zero-order valence-electron chi connectivity index (χ0n) is 22.8. The number of nitrogens with zero attached hydrogens (tertiary/aromatic N) is 2. The first-order valence-electron chi connectivity index (χ1n) is 13.0. The van der Waals surface area contributed by atoms with Gasteiger partial charge >= 0.3 is 0 Å². The molecule has 0 bridgehead atoms. The van der Waals surface area contributed by atoms with Crippen molar-refractivity contribution in [2.45, 2.75) is 57.9 Å². The summed E-state index contributed by atoms with van der Waals surface area (Å²) in [6.07, 6.45) is 8.31. The van der Waals surface area contributed by atoms with E-state index >= 15 is 0 Å². The van der Waals surface area contributed by atoms with Gasteiger partial charge in [0.05, 0.1) is 20.6 Å². The van der Waals surface area contributed by atoms with Crippen LogP contribution in [-0.2, 0) is 22.6 Å². The average molecular weight is 540 g/mol. The normalized spacial score (nSPS) is 13.4. The van der Waals surface area contributed by atoms with Gasteiger partial charge in [0.15, 0.2) is 17.5 Å². The fraction of sp³-hybridized carbons (Fsp3) is 0.429. The van der Waals surface area contributed by atoms with Crippen LogP contribution in [0.25, 0.3) is 0 Å². The molecule has 39 heavy (non-hydrogen) atoms. The second kappa shape index (κ2) is 16.5. The highest BCUT2D eigenvalue weighted by Crippen LogP contribution is 2.28. The maximum absolute atomic E-state index is 12.0. The number of hydrogen-bond donors (Lipinski definition) is 5. The number of rotatable bonds is 10. The average Bonchev–Trinajstić information content (AvgIpc) is 2.95. The van der Waals surface area contributed by atoms with Gasteiger partial charge in [-0.25, -0.2) is 0 Å². The van der Waals surface area contributed by atoms with Gasteiger partial charge < -0.3 is 37.8 Å². The number of hydrazone groups is 1. The molecule has 1 saturated carbocycles. The van der Waals surface area contributed by atoms with Gasteiger partial charge in [0.25, 0.3) is 5.91 Å². The van der Waals surface area contributed by atoms with Crippen molar-refractivity contribution in [3.05, 3.63) is 59.2 Å². The molecule has 1 aliphatic carbocycles. The number of amidine groups is 1. The lowest BCUT2D eigenvalue weighted by Crippen LogP contribution is -2.24. The highest BCUT2D eigenvalue weighted by atomic mass is 16.5. The van der Waals surface area contributed by atoms with Crippen LogP contribution in [0.1, 0.15) is 61.6 Å². The van der Waals surface area contributed by atoms with Gasteiger partial charge in [0.1, 0.15) is 5.84 Å². The second-order valence-electron chi connectivity index (χ2n) is 9.33. The van der Waals surface area contributed by atoms with Crippen LogP contribution in [0.15, 0.2) is 52.6 Å². The zero-order valence-corrected chi connectivity index (χ0v) is 22.8. The van der Waals surface area contributed by atoms with Crippen LogP contribution in [0.5, 0.6) is 11.5 Å². The molecule has 11 nitrogen and oxygen atoms in total. The van der Waals surface area contributed by atoms with Gasteiger partial charge in [-0.1, -0.05) is 56.4 Å². The summed E-state index contributed by atoms with van der Waals surface area (Å²) in [5, 5.41) is 6.46. The fourth-order valence-electron chi connectivity index (χ4n) is 4.36. The summed E-state index contributed by atoms with van der Waals surface area (Å²) in [4.78, 5) is 26.7. The molecule has 0 aromatic heterocycles. The first-order valence-corrected chi connectivity index (χ1v) is 13.0. The number of ether oxygens (including phenoxy) is 2. The number of carbonyl (C=O) groups is 2. The summed E-state index contributed by atoms with van der Waals surface area (Å²) in [6, 6.07) is 12.8. The third kappa shape index (κ3) is 11.3. The van der Waals surface area contributed by atoms with Crippen molar-refractivity contribution >= 4 is 23.6 Å². The quantitative estimate of drug-likeness (QED) is 0.131. The minimum Gasteiger partial charge on any atom is -0.493 e. The lowest BCUT2D eigenvalue weighted by Gasteiger charge is -2.21. The van der Waals surface area contributed by atoms with E-state index in [1.807, 2.05) is 24.3 Å². The van der Waals surface area contributed by atoms with Crippen LogP contribution in [-0.4, -0.2) is 37.8 Å². The Kier molecular flexibility index (Phi) is 13.1. The molecular formula is C28H41N7O4. The predicted octanol–water partition coefficient (Wildman–Crippen LogP) is 2.29. The van der Waals surface area contributed by atoms with Gasteiger partial charge in [-0.3, -0.25) is 9.59 Å². The molecule has 0 heterocycles. The molecule has 2 aromatic rings. The number of hydrogen-bond acceptors (Lipinski definition) is 6. The molecule has 1 aliphatic rings. The van der Waals surface area contributed by atoms with Crippen molar-refractivity contribution in [2.24, 2.45) is 39.1 Å². The van der Waals surface area contributed by atoms with Gasteiger partial charge in [-0.05, 0) is 41.7 Å². The van der Waals surface area contributed by atoms with E-state index in [0.717, 1.165) is 29.0 Å². The first-order chi connectivity index (χ1) is 18.7. The van der Waals surface area contributed by atoms with E-state index in [4.69, 9.17) is 32.5 Å². The van der Waals surface area contributed by atoms with Crippen molar-refractivity contribution in [1.29, 1.82) is 0 Å². The molecule has 11 heteroatoms. The summed E-state index contributed by atoms with van der Waals surface area (Å²) < 4.78 is 10.2. The topological polar surface area (TPSA) is 193 Å². The van der Waals surface area contributed by atoms with E-state index in [0.29, 0.717) is 30.3 Å². The minimum atomic E-state index is -0.405. The predicted molar refractivity (Wildman–Crippen MR) is 153 cm³/mol. The highest BCUT2D eigenvalue weighted by molar-refractivity contribution is 5.97. The van der Waals surface area contributed by atoms with Crippen LogP contribution in [0.4, 0.5) is 0 Å². The molecule has 0 radical (unpaired) electrons. The number of nitrogens with two attached hydrogens (primary N) is 4. The maximum atomic E-state index is 12.0. The SMILES string of the molecule is COc1ccc(CC(=O)N=C(N)N)cc1OC.N/N=C(\N)c1cccc(CNC(=O)CCC2CCCCC2)c1. The summed E-state index contributed by atoms with van der Waals surface area (Å²) >= 11 is 0. The number of guanidine groups is 1. The van der Waals surface area contributed by atoms with E-state index in [1.165, 1.54) is 39.2 Å². The molecule has 2 aromatic carbocycles. The molecule has 0 saturated heterocycles. The van der Waals surface area contributed by atoms with Gasteiger partial charge in [-0.15, -0.1) is 0 Å². The monoisotopic (exact) mass is 539 g/mol. The Morgan fingerprint density at radius 1 is 0.949 bits per heavy atom. The third-order valence-corrected chi connectivity index (χ3v) is 6.41. The van der Waals surface area contributed by atoms with Gasteiger partial charge in [0.2, 0.25) is 5.91 Å². The molecule has 3 rings (SSSR count). The van der Waals surface area contributed by atoms with Crippen LogP contribution in [0.2, 0.25) is 0 Å². The number of nitrogens with one attached hydrogen (secondary N) is 1. The second-order valence-corrected chi connectivity index (χ2v) is 9.33. The molecule has 0 unspecified atom stereocenters. The third-order valence-electron chi connectivity index (χ3n) is 6.41. The smallest absolute Gasteiger partial charge is 0.253 e. The molecule has 2 amide bonds. The Hall–Kier alpha value is -4.28. The van der Waals surface area contributed by atoms with E-state index in [1.54, 1.807) is 25.3 Å². The Labute approximate surface area is 230 Å². The lowest BCUT2D eigenvalue weighted by molar-refractivity contribution is -0.121. The summed E-state index contributed by atoms with van der Waals surface area (Å²) in [7, 11) is 3.07. The molecule has 0 spiro atoms. The van der Waals surface area contributed by atoms with Crippen molar-refractivity contribution in [1.82, 2.24) is 5.32 Å². The van der Waals surface area contributed by atoms with Crippen LogP contribution in [0, 0.1) is 5.92 Å². The highest BCUT2D eigenvalue weighted by Gasteiger charge is 2.14. The van der Waals surface area contributed by atoms with Crippen LogP contribution >= 0.6 is 0 Å². The zero-order chi connectivity index (χ0) is 28.6. The molecular weight excluding hydrogens is 498 g/mol. The van der Waals surface area contributed by atoms with Crippen LogP contribution in [0.3, 0.4) is 0 Å². The largest absolute Gasteiger partial charge is 0.493 e. The summed E-state index contributed by atoms with van der Waals surface area (Å²) in [6.45, 7) is 0.509. The number of methoxy groups -OCH3 is 2. The van der Waals surface area contributed by atoms with Crippen molar-refractivity contribution in [3.8, 4) is 11.5 Å². The molecule has 1 fully saturated rings. The Balaban J connectivity index is 0.000000283. The summed E-state index contributed by atoms with van der Waals surface area (Å²) in [5.74, 6) is 6.85.